The lowest BCUT2D eigenvalue weighted by Gasteiger charge is -2.18. The van der Waals surface area contributed by atoms with Crippen molar-refractivity contribution in [1.82, 2.24) is 0 Å². The van der Waals surface area contributed by atoms with Crippen molar-refractivity contribution in [3.8, 4) is 0 Å². The molecule has 0 aromatic rings. The predicted octanol–water partition coefficient (Wildman–Crippen LogP) is 23.2. The summed E-state index contributed by atoms with van der Waals surface area (Å²) in [5.74, 6) is -1.01. The minimum atomic E-state index is -0.826. The lowest BCUT2D eigenvalue weighted by Crippen LogP contribution is -2.30. The summed E-state index contributed by atoms with van der Waals surface area (Å²) in [6.07, 6.45) is 103. The van der Waals surface area contributed by atoms with E-state index in [1.165, 1.54) is 77.0 Å². The van der Waals surface area contributed by atoms with Crippen molar-refractivity contribution in [1.29, 1.82) is 0 Å². The number of unbranched alkanes of at least 4 members (excludes halogenated alkanes) is 17. The average molecular weight is 1140 g/mol. The highest BCUT2D eigenvalue weighted by atomic mass is 16.6. The molecule has 0 rings (SSSR count). The first-order valence-electron chi connectivity index (χ1n) is 33.3. The van der Waals surface area contributed by atoms with Crippen molar-refractivity contribution < 1.29 is 28.6 Å². The molecule has 0 aliphatic rings. The Bertz CT molecular complexity index is 1940. The first-order chi connectivity index (χ1) is 41.0. The van der Waals surface area contributed by atoms with E-state index in [-0.39, 0.29) is 44.0 Å². The van der Waals surface area contributed by atoms with Gasteiger partial charge in [0.1, 0.15) is 13.2 Å². The van der Waals surface area contributed by atoms with Gasteiger partial charge in [-0.3, -0.25) is 14.4 Å². The quantitative estimate of drug-likeness (QED) is 0.0261. The lowest BCUT2D eigenvalue weighted by atomic mass is 10.1. The summed E-state index contributed by atoms with van der Waals surface area (Å²) < 4.78 is 16.8. The van der Waals surface area contributed by atoms with E-state index >= 15 is 0 Å². The highest BCUT2D eigenvalue weighted by molar-refractivity contribution is 5.71. The van der Waals surface area contributed by atoms with Gasteiger partial charge in [-0.05, 0) is 161 Å². The molecule has 0 N–H and O–H groups in total. The molecule has 1 atom stereocenters. The normalized spacial score (nSPS) is 13.3. The molecule has 0 saturated heterocycles. The van der Waals surface area contributed by atoms with Crippen molar-refractivity contribution in [3.05, 3.63) is 182 Å². The molecule has 1 unspecified atom stereocenters. The van der Waals surface area contributed by atoms with Crippen molar-refractivity contribution in [2.24, 2.45) is 0 Å². The molecule has 0 fully saturated rings. The second kappa shape index (κ2) is 69.0. The molecule has 0 amide bonds. The fourth-order valence-corrected chi connectivity index (χ4v) is 8.46. The van der Waals surface area contributed by atoms with Crippen molar-refractivity contribution in [2.75, 3.05) is 13.2 Å². The molecule has 0 saturated carbocycles. The van der Waals surface area contributed by atoms with Crippen LogP contribution in [0.1, 0.15) is 265 Å². The van der Waals surface area contributed by atoms with Gasteiger partial charge in [-0.1, -0.05) is 267 Å². The SMILES string of the molecule is CC/C=C\C/C=C\C/C=C\C/C=C\C/C=C\C/C=C\C/C=C\C/C=C\C/C=C\C/C=C\CCCCC(=O)OCC(COC(=O)CCCC/C=C\C/C=C\C/C=C\C/C=C\CC)OC(=O)CCCCCCCCC/C=C\CCCCCCCC. The first-order valence-corrected chi connectivity index (χ1v) is 33.3. The van der Waals surface area contributed by atoms with E-state index < -0.39 is 6.10 Å². The second-order valence-corrected chi connectivity index (χ2v) is 21.3. The Morgan fingerprint density at radius 2 is 0.470 bits per heavy atom. The monoisotopic (exact) mass is 1140 g/mol. The number of ether oxygens (including phenoxy) is 3. The van der Waals surface area contributed by atoms with Crippen LogP contribution in [0.15, 0.2) is 182 Å². The van der Waals surface area contributed by atoms with Crippen LogP contribution in [-0.4, -0.2) is 37.2 Å². The zero-order valence-corrected chi connectivity index (χ0v) is 53.1. The lowest BCUT2D eigenvalue weighted by molar-refractivity contribution is -0.167. The largest absolute Gasteiger partial charge is 0.462 e. The summed E-state index contributed by atoms with van der Waals surface area (Å²) in [5.41, 5.74) is 0. The van der Waals surface area contributed by atoms with E-state index in [4.69, 9.17) is 14.2 Å². The Morgan fingerprint density at radius 1 is 0.253 bits per heavy atom. The molecule has 0 radical (unpaired) electrons. The van der Waals surface area contributed by atoms with Crippen molar-refractivity contribution >= 4 is 17.9 Å². The van der Waals surface area contributed by atoms with E-state index in [2.05, 4.69) is 203 Å². The molecule has 0 heterocycles. The van der Waals surface area contributed by atoms with Crippen LogP contribution in [0.4, 0.5) is 0 Å². The van der Waals surface area contributed by atoms with Gasteiger partial charge in [-0.25, -0.2) is 0 Å². The average Bonchev–Trinajstić information content (AvgIpc) is 3.49. The number of esters is 3. The molecule has 0 aliphatic heterocycles. The molecule has 0 bridgehead atoms. The van der Waals surface area contributed by atoms with E-state index in [0.717, 1.165) is 135 Å². The highest BCUT2D eigenvalue weighted by Crippen LogP contribution is 2.14. The van der Waals surface area contributed by atoms with Crippen LogP contribution in [0.2, 0.25) is 0 Å². The van der Waals surface area contributed by atoms with Crippen LogP contribution >= 0.6 is 0 Å². The maximum Gasteiger partial charge on any atom is 0.306 e. The van der Waals surface area contributed by atoms with Gasteiger partial charge < -0.3 is 14.2 Å². The predicted molar refractivity (Wildman–Crippen MR) is 361 cm³/mol. The molecule has 0 spiro atoms. The third kappa shape index (κ3) is 67.2. The molecule has 0 aromatic carbocycles. The van der Waals surface area contributed by atoms with Crippen LogP contribution in [-0.2, 0) is 28.6 Å². The Morgan fingerprint density at radius 3 is 0.771 bits per heavy atom. The topological polar surface area (TPSA) is 78.9 Å². The van der Waals surface area contributed by atoms with Crippen molar-refractivity contribution in [2.45, 2.75) is 271 Å². The summed E-state index contributed by atoms with van der Waals surface area (Å²) in [5, 5.41) is 0. The fourth-order valence-electron chi connectivity index (χ4n) is 8.46. The number of carbonyl (C=O) groups excluding carboxylic acids is 3. The number of hydrogen-bond donors (Lipinski definition) is 0. The van der Waals surface area contributed by atoms with Crippen molar-refractivity contribution in [3.63, 3.8) is 0 Å². The van der Waals surface area contributed by atoms with Gasteiger partial charge in [0.2, 0.25) is 0 Å². The maximum absolute atomic E-state index is 12.9. The van der Waals surface area contributed by atoms with Gasteiger partial charge >= 0.3 is 17.9 Å². The Labute approximate surface area is 510 Å². The third-order valence-corrected chi connectivity index (χ3v) is 13.4. The fraction of sp³-hybridized carbons (Fsp3) is 0.571. The van der Waals surface area contributed by atoms with Crippen LogP contribution < -0.4 is 0 Å². The van der Waals surface area contributed by atoms with Gasteiger partial charge in [-0.15, -0.1) is 0 Å². The van der Waals surface area contributed by atoms with Crippen LogP contribution in [0, 0.1) is 0 Å². The smallest absolute Gasteiger partial charge is 0.306 e. The summed E-state index contributed by atoms with van der Waals surface area (Å²) >= 11 is 0. The molecular formula is C77H120O6. The third-order valence-electron chi connectivity index (χ3n) is 13.4. The molecule has 464 valence electrons. The van der Waals surface area contributed by atoms with E-state index in [1.807, 2.05) is 0 Å². The zero-order chi connectivity index (χ0) is 59.9. The summed E-state index contributed by atoms with van der Waals surface area (Å²) in [6, 6.07) is 0. The molecule has 0 aliphatic carbocycles. The van der Waals surface area contributed by atoms with Crippen LogP contribution in [0.3, 0.4) is 0 Å². The summed E-state index contributed by atoms with van der Waals surface area (Å²) in [4.78, 5) is 38.3. The molecule has 6 heteroatoms. The van der Waals surface area contributed by atoms with Gasteiger partial charge in [-0.2, -0.15) is 0 Å². The van der Waals surface area contributed by atoms with Gasteiger partial charge in [0, 0.05) is 19.3 Å². The second-order valence-electron chi connectivity index (χ2n) is 21.3. The summed E-state index contributed by atoms with van der Waals surface area (Å²) in [7, 11) is 0. The molecular weight excluding hydrogens is 1020 g/mol. The van der Waals surface area contributed by atoms with Gasteiger partial charge in [0.25, 0.3) is 0 Å². The number of carbonyl (C=O) groups is 3. The van der Waals surface area contributed by atoms with E-state index in [0.29, 0.717) is 19.3 Å². The van der Waals surface area contributed by atoms with Crippen LogP contribution in [0.5, 0.6) is 0 Å². The Kier molecular flexibility index (Phi) is 64.4. The highest BCUT2D eigenvalue weighted by Gasteiger charge is 2.19. The van der Waals surface area contributed by atoms with E-state index in [9.17, 15) is 14.4 Å². The number of hydrogen-bond acceptors (Lipinski definition) is 6. The first kappa shape index (κ1) is 77.5. The Balaban J connectivity index is 4.46. The standard InChI is InChI=1S/C77H120O6/c1-4-7-10-13-16-19-22-25-28-30-31-32-33-34-35-36-37-38-39-40-41-42-43-44-45-47-49-52-55-58-61-64-67-70-76(79)82-73-74(72-81-75(78)69-66-63-60-57-54-51-48-27-24-21-18-15-12-9-6-3)83-77(80)71-68-65-62-59-56-53-50-46-29-26-23-20-17-14-11-8-5-2/h7,9-10,12,16,18-19,21,25-29,31-32,34-35,37-38,40-41,43-44,47-49,54-55,57-58,74H,4-6,8,11,13-15,17,20,22-24,30,33,36,39,42,45-46,50-53,56,59-73H2,1-3H3/b10-7-,12-9-,19-16-,21-18-,28-25-,29-26-,32-31-,35-34-,38-37-,41-40-,44-43-,48-27-,49-47-,57-54-,58-55-. The minimum absolute atomic E-state index is 0.123. The van der Waals surface area contributed by atoms with Gasteiger partial charge in [0.05, 0.1) is 0 Å². The number of rotatable bonds is 58. The van der Waals surface area contributed by atoms with Gasteiger partial charge in [0.15, 0.2) is 6.10 Å². The molecule has 83 heavy (non-hydrogen) atoms. The molecule has 0 aromatic heterocycles. The Hall–Kier alpha value is -5.49. The maximum atomic E-state index is 12.9. The minimum Gasteiger partial charge on any atom is -0.462 e. The van der Waals surface area contributed by atoms with Crippen LogP contribution in [0.25, 0.3) is 0 Å². The van der Waals surface area contributed by atoms with E-state index in [1.54, 1.807) is 0 Å². The zero-order valence-electron chi connectivity index (χ0n) is 53.1. The molecule has 6 nitrogen and oxygen atoms in total. The number of allylic oxidation sites excluding steroid dienone is 30. The summed E-state index contributed by atoms with van der Waals surface area (Å²) in [6.45, 7) is 6.32.